The number of ether oxygens (including phenoxy) is 3. The number of esters is 1. The van der Waals surface area contributed by atoms with Gasteiger partial charge in [0.1, 0.15) is 11.3 Å². The number of ketones is 1. The maximum Gasteiger partial charge on any atom is 0.375 e. The average molecular weight is 368 g/mol. The second kappa shape index (κ2) is 8.05. The maximum atomic E-state index is 12.6. The van der Waals surface area contributed by atoms with Gasteiger partial charge in [0.2, 0.25) is 11.5 Å². The van der Waals surface area contributed by atoms with Crippen LogP contribution in [0.2, 0.25) is 0 Å². The van der Waals surface area contributed by atoms with Gasteiger partial charge in [-0.25, -0.2) is 4.79 Å². The lowest BCUT2D eigenvalue weighted by Gasteiger charge is -2.12. The fraction of sp³-hybridized carbons (Fsp3) is 0.238. The molecule has 0 saturated carbocycles. The van der Waals surface area contributed by atoms with Gasteiger partial charge in [0.05, 0.1) is 13.7 Å². The van der Waals surface area contributed by atoms with Crippen molar-refractivity contribution >= 4 is 22.7 Å². The van der Waals surface area contributed by atoms with Crippen LogP contribution in [-0.2, 0) is 16.1 Å². The van der Waals surface area contributed by atoms with Gasteiger partial charge in [0.25, 0.3) is 0 Å². The molecule has 0 N–H and O–H groups in total. The second-order valence-electron chi connectivity index (χ2n) is 5.98. The van der Waals surface area contributed by atoms with Gasteiger partial charge in [0, 0.05) is 23.6 Å². The van der Waals surface area contributed by atoms with Crippen LogP contribution in [0.15, 0.2) is 52.9 Å². The van der Waals surface area contributed by atoms with Gasteiger partial charge in [-0.15, -0.1) is 0 Å². The highest BCUT2D eigenvalue weighted by atomic mass is 16.6. The molecular weight excluding hydrogens is 348 g/mol. The quantitative estimate of drug-likeness (QED) is 0.463. The summed E-state index contributed by atoms with van der Waals surface area (Å²) in [6.45, 7) is 1.73. The topological polar surface area (TPSA) is 75.0 Å². The minimum Gasteiger partial charge on any atom is -0.497 e. The molecule has 1 atom stereocenters. The summed E-state index contributed by atoms with van der Waals surface area (Å²) in [6, 6.07) is 13.9. The van der Waals surface area contributed by atoms with Crippen LogP contribution in [0.3, 0.4) is 0 Å². The van der Waals surface area contributed by atoms with E-state index in [-0.39, 0.29) is 18.2 Å². The van der Waals surface area contributed by atoms with Gasteiger partial charge >= 0.3 is 5.97 Å². The summed E-state index contributed by atoms with van der Waals surface area (Å²) in [5.41, 5.74) is 1.59. The highest BCUT2D eigenvalue weighted by Crippen LogP contribution is 2.27. The van der Waals surface area contributed by atoms with E-state index in [1.165, 1.54) is 14.0 Å². The number of carbonyl (C=O) groups excluding carboxylic acids is 2. The van der Waals surface area contributed by atoms with Gasteiger partial charge in [0.15, 0.2) is 6.10 Å². The number of para-hydroxylation sites is 1. The maximum absolute atomic E-state index is 12.6. The summed E-state index contributed by atoms with van der Waals surface area (Å²) in [5.74, 6) is -0.321. The molecule has 0 radical (unpaired) electrons. The number of fused-ring (bicyclic) bond motifs is 1. The van der Waals surface area contributed by atoms with Crippen LogP contribution in [0.5, 0.6) is 5.75 Å². The molecule has 6 nitrogen and oxygen atoms in total. The van der Waals surface area contributed by atoms with E-state index < -0.39 is 12.1 Å². The number of methoxy groups -OCH3 is 2. The minimum absolute atomic E-state index is 0.0485. The molecule has 1 unspecified atom stereocenters. The van der Waals surface area contributed by atoms with Gasteiger partial charge in [-0.2, -0.15) is 0 Å². The fourth-order valence-electron chi connectivity index (χ4n) is 2.81. The molecule has 0 spiro atoms. The van der Waals surface area contributed by atoms with Crippen molar-refractivity contribution in [2.24, 2.45) is 0 Å². The third kappa shape index (κ3) is 3.85. The second-order valence-corrected chi connectivity index (χ2v) is 5.98. The van der Waals surface area contributed by atoms with Crippen LogP contribution in [0.25, 0.3) is 11.0 Å². The molecule has 0 aliphatic carbocycles. The molecule has 140 valence electrons. The summed E-state index contributed by atoms with van der Waals surface area (Å²) in [5, 5.41) is 0.778. The molecule has 2 aromatic carbocycles. The van der Waals surface area contributed by atoms with Crippen molar-refractivity contribution in [1.29, 1.82) is 0 Å². The van der Waals surface area contributed by atoms with Crippen LogP contribution in [0.4, 0.5) is 0 Å². The minimum atomic E-state index is -0.963. The third-order valence-electron chi connectivity index (χ3n) is 4.20. The number of carbonyl (C=O) groups is 2. The van der Waals surface area contributed by atoms with Gasteiger partial charge in [-0.1, -0.05) is 18.2 Å². The first-order chi connectivity index (χ1) is 13.0. The highest BCUT2D eigenvalue weighted by molar-refractivity contribution is 6.02. The lowest BCUT2D eigenvalue weighted by molar-refractivity contribution is 0.0286. The van der Waals surface area contributed by atoms with E-state index in [1.54, 1.807) is 37.4 Å². The monoisotopic (exact) mass is 368 g/mol. The summed E-state index contributed by atoms with van der Waals surface area (Å²) >= 11 is 0. The first-order valence-corrected chi connectivity index (χ1v) is 8.43. The zero-order chi connectivity index (χ0) is 19.4. The first kappa shape index (κ1) is 18.7. The lowest BCUT2D eigenvalue weighted by Crippen LogP contribution is -2.24. The van der Waals surface area contributed by atoms with E-state index in [4.69, 9.17) is 18.6 Å². The van der Waals surface area contributed by atoms with Crippen molar-refractivity contribution in [3.8, 4) is 5.75 Å². The van der Waals surface area contributed by atoms with Crippen molar-refractivity contribution in [2.75, 3.05) is 14.2 Å². The number of Topliss-reactive ketones (excluding diaryl/α,β-unsaturated/α-hetero) is 1. The molecule has 0 saturated heterocycles. The Kier molecular flexibility index (Phi) is 5.57. The summed E-state index contributed by atoms with van der Waals surface area (Å²) in [6.07, 6.45) is -0.963. The fourth-order valence-corrected chi connectivity index (χ4v) is 2.81. The number of hydrogen-bond donors (Lipinski definition) is 0. The largest absolute Gasteiger partial charge is 0.497 e. The van der Waals surface area contributed by atoms with Crippen molar-refractivity contribution < 1.29 is 28.2 Å². The molecule has 0 bridgehead atoms. The molecule has 0 fully saturated rings. The number of furan rings is 1. The molecule has 0 amide bonds. The van der Waals surface area contributed by atoms with E-state index in [0.29, 0.717) is 22.5 Å². The summed E-state index contributed by atoms with van der Waals surface area (Å²) in [4.78, 5) is 25.1. The average Bonchev–Trinajstić information content (AvgIpc) is 3.06. The van der Waals surface area contributed by atoms with Gasteiger partial charge in [-0.3, -0.25) is 4.79 Å². The Morgan fingerprint density at radius 1 is 1.04 bits per heavy atom. The van der Waals surface area contributed by atoms with Crippen LogP contribution in [0.1, 0.15) is 33.4 Å². The van der Waals surface area contributed by atoms with Crippen LogP contribution >= 0.6 is 0 Å². The van der Waals surface area contributed by atoms with Crippen LogP contribution in [-0.4, -0.2) is 32.1 Å². The third-order valence-corrected chi connectivity index (χ3v) is 4.20. The Morgan fingerprint density at radius 2 is 1.74 bits per heavy atom. The normalized spacial score (nSPS) is 12.0. The molecule has 0 aliphatic heterocycles. The number of hydrogen-bond acceptors (Lipinski definition) is 6. The Morgan fingerprint density at radius 3 is 2.41 bits per heavy atom. The Balaban J connectivity index is 1.80. The van der Waals surface area contributed by atoms with Crippen LogP contribution in [0, 0.1) is 0 Å². The van der Waals surface area contributed by atoms with Crippen molar-refractivity contribution in [3.05, 3.63) is 65.4 Å². The zero-order valence-electron chi connectivity index (χ0n) is 15.4. The molecule has 1 aromatic heterocycles. The van der Waals surface area contributed by atoms with E-state index >= 15 is 0 Å². The molecule has 3 aromatic rings. The van der Waals surface area contributed by atoms with E-state index in [2.05, 4.69) is 0 Å². The van der Waals surface area contributed by atoms with E-state index in [1.807, 2.05) is 18.2 Å². The smallest absolute Gasteiger partial charge is 0.375 e. The zero-order valence-corrected chi connectivity index (χ0v) is 15.4. The van der Waals surface area contributed by atoms with Crippen LogP contribution < -0.4 is 4.74 Å². The van der Waals surface area contributed by atoms with E-state index in [9.17, 15) is 9.59 Å². The summed E-state index contributed by atoms with van der Waals surface area (Å²) in [7, 11) is 3.08. The predicted octanol–water partition coefficient (Wildman–Crippen LogP) is 4.02. The Bertz CT molecular complexity index is 954. The van der Waals surface area contributed by atoms with Crippen molar-refractivity contribution in [2.45, 2.75) is 19.6 Å². The van der Waals surface area contributed by atoms with Crippen molar-refractivity contribution in [3.63, 3.8) is 0 Å². The molecule has 27 heavy (non-hydrogen) atoms. The Hall–Kier alpha value is -3.12. The first-order valence-electron chi connectivity index (χ1n) is 8.43. The number of benzene rings is 2. The highest BCUT2D eigenvalue weighted by Gasteiger charge is 2.26. The van der Waals surface area contributed by atoms with E-state index in [0.717, 1.165) is 5.39 Å². The molecule has 6 heteroatoms. The lowest BCUT2D eigenvalue weighted by atomic mass is 10.1. The van der Waals surface area contributed by atoms with Gasteiger partial charge < -0.3 is 18.6 Å². The molecule has 0 aliphatic rings. The molecule has 1 heterocycles. The van der Waals surface area contributed by atoms with Gasteiger partial charge in [-0.05, 0) is 37.3 Å². The van der Waals surface area contributed by atoms with Crippen molar-refractivity contribution in [1.82, 2.24) is 0 Å². The predicted molar refractivity (Wildman–Crippen MR) is 99.1 cm³/mol. The Labute approximate surface area is 156 Å². The SMILES string of the molecule is COCc1c(C(=O)OC(C)C(=O)c2ccc(OC)cc2)oc2ccccc12. The number of rotatable bonds is 7. The summed E-state index contributed by atoms with van der Waals surface area (Å²) < 4.78 is 21.3. The standard InChI is InChI=1S/C21H20O6/c1-13(19(22)14-8-10-15(25-3)11-9-14)26-21(23)20-17(12-24-2)16-6-4-5-7-18(16)27-20/h4-11,13H,12H2,1-3H3. The molecular formula is C21H20O6. The molecule has 3 rings (SSSR count).